The van der Waals surface area contributed by atoms with Crippen molar-refractivity contribution in [2.45, 2.75) is 46.0 Å². The molecule has 7 heteroatoms. The van der Waals surface area contributed by atoms with Crippen molar-refractivity contribution in [3.63, 3.8) is 0 Å². The molecule has 7 nitrogen and oxygen atoms in total. The molecule has 0 bridgehead atoms. The van der Waals surface area contributed by atoms with E-state index in [9.17, 15) is 14.7 Å². The van der Waals surface area contributed by atoms with Crippen LogP contribution in [0.3, 0.4) is 0 Å². The molecule has 2 heterocycles. The molecule has 0 aromatic carbocycles. The molecule has 1 aromatic heterocycles. The van der Waals surface area contributed by atoms with Crippen molar-refractivity contribution in [3.8, 4) is 0 Å². The van der Waals surface area contributed by atoms with E-state index < -0.39 is 11.4 Å². The van der Waals surface area contributed by atoms with Crippen LogP contribution < -0.4 is 0 Å². The minimum Gasteiger partial charge on any atom is -0.481 e. The molecule has 1 saturated heterocycles. The predicted octanol–water partition coefficient (Wildman–Crippen LogP) is 1.69. The Kier molecular flexibility index (Phi) is 5.99. The van der Waals surface area contributed by atoms with E-state index in [0.717, 1.165) is 17.0 Å². The number of aliphatic carboxylic acids is 1. The number of H-pyrrole nitrogens is 1. The van der Waals surface area contributed by atoms with Gasteiger partial charge < -0.3 is 14.7 Å². The molecule has 1 fully saturated rings. The molecule has 24 heavy (non-hydrogen) atoms. The number of carbonyl (C=O) groups is 2. The Morgan fingerprint density at radius 1 is 1.42 bits per heavy atom. The molecule has 0 unspecified atom stereocenters. The predicted molar refractivity (Wildman–Crippen MR) is 88.8 cm³/mol. The van der Waals surface area contributed by atoms with Crippen molar-refractivity contribution in [1.29, 1.82) is 0 Å². The first-order valence-electron chi connectivity index (χ1n) is 8.40. The highest BCUT2D eigenvalue weighted by molar-refractivity contribution is 5.80. The monoisotopic (exact) mass is 337 g/mol. The summed E-state index contributed by atoms with van der Waals surface area (Å²) in [6.45, 7) is 5.16. The summed E-state index contributed by atoms with van der Waals surface area (Å²) < 4.78 is 5.06. The highest BCUT2D eigenvalue weighted by Gasteiger charge is 2.43. The SMILES string of the molecule is COCC[C@@]1(C(=O)O)CCCN(C(=O)CCc2c(C)n[nH]c2C)C1. The zero-order valence-electron chi connectivity index (χ0n) is 14.7. The van der Waals surface area contributed by atoms with Crippen LogP contribution in [0.15, 0.2) is 0 Å². The summed E-state index contributed by atoms with van der Waals surface area (Å²) in [4.78, 5) is 26.1. The Hall–Kier alpha value is -1.89. The van der Waals surface area contributed by atoms with Gasteiger partial charge in [0.1, 0.15) is 0 Å². The highest BCUT2D eigenvalue weighted by Crippen LogP contribution is 2.34. The van der Waals surface area contributed by atoms with Gasteiger partial charge in [-0.3, -0.25) is 14.7 Å². The number of carboxylic acids is 1. The fraction of sp³-hybridized carbons (Fsp3) is 0.706. The van der Waals surface area contributed by atoms with Crippen LogP contribution in [0.4, 0.5) is 0 Å². The Morgan fingerprint density at radius 3 is 2.75 bits per heavy atom. The number of carboxylic acid groups (broad SMARTS) is 1. The fourth-order valence-electron chi connectivity index (χ4n) is 3.46. The summed E-state index contributed by atoms with van der Waals surface area (Å²) >= 11 is 0. The van der Waals surface area contributed by atoms with E-state index in [0.29, 0.717) is 45.3 Å². The van der Waals surface area contributed by atoms with Crippen molar-refractivity contribution in [2.75, 3.05) is 26.8 Å². The van der Waals surface area contributed by atoms with Gasteiger partial charge in [0, 0.05) is 38.9 Å². The molecule has 1 atom stereocenters. The van der Waals surface area contributed by atoms with E-state index in [2.05, 4.69) is 10.2 Å². The van der Waals surface area contributed by atoms with Crippen LogP contribution in [-0.4, -0.2) is 58.9 Å². The number of aromatic amines is 1. The molecule has 1 aliphatic rings. The number of nitrogens with zero attached hydrogens (tertiary/aromatic N) is 2. The number of ether oxygens (including phenoxy) is 1. The van der Waals surface area contributed by atoms with E-state index in [1.54, 1.807) is 12.0 Å². The van der Waals surface area contributed by atoms with Crippen LogP contribution in [0, 0.1) is 19.3 Å². The molecule has 0 saturated carbocycles. The number of hydrogen-bond donors (Lipinski definition) is 2. The Morgan fingerprint density at radius 2 is 2.17 bits per heavy atom. The molecule has 0 aliphatic carbocycles. The maximum atomic E-state index is 12.6. The van der Waals surface area contributed by atoms with Gasteiger partial charge in [-0.05, 0) is 45.1 Å². The Labute approximate surface area is 142 Å². The second-order valence-corrected chi connectivity index (χ2v) is 6.66. The first-order chi connectivity index (χ1) is 11.4. The number of amides is 1. The molecule has 2 N–H and O–H groups in total. The van der Waals surface area contributed by atoms with Crippen molar-refractivity contribution in [2.24, 2.45) is 5.41 Å². The normalized spacial score (nSPS) is 21.0. The zero-order chi connectivity index (χ0) is 17.7. The summed E-state index contributed by atoms with van der Waals surface area (Å²) in [5.41, 5.74) is 2.09. The number of aryl methyl sites for hydroxylation is 2. The third kappa shape index (κ3) is 3.95. The van der Waals surface area contributed by atoms with Gasteiger partial charge in [0.25, 0.3) is 0 Å². The van der Waals surface area contributed by atoms with E-state index in [4.69, 9.17) is 4.74 Å². The summed E-state index contributed by atoms with van der Waals surface area (Å²) in [5, 5.41) is 16.7. The standard InChI is InChI=1S/C17H27N3O4/c1-12-14(13(2)19-18-12)5-6-15(21)20-9-4-7-17(11-20,16(22)23)8-10-24-3/h4-11H2,1-3H3,(H,18,19)(H,22,23)/t17-/m0/s1. The molecule has 2 rings (SSSR count). The Bertz CT molecular complexity index is 579. The number of hydrogen-bond acceptors (Lipinski definition) is 4. The van der Waals surface area contributed by atoms with Crippen molar-refractivity contribution < 1.29 is 19.4 Å². The van der Waals surface area contributed by atoms with Gasteiger partial charge in [0.2, 0.25) is 5.91 Å². The van der Waals surface area contributed by atoms with Crippen molar-refractivity contribution >= 4 is 11.9 Å². The molecule has 0 spiro atoms. The number of rotatable bonds is 7. The van der Waals surface area contributed by atoms with E-state index in [1.165, 1.54) is 0 Å². The lowest BCUT2D eigenvalue weighted by Gasteiger charge is -2.40. The molecule has 1 aliphatic heterocycles. The number of aromatic nitrogens is 2. The quantitative estimate of drug-likeness (QED) is 0.789. The topological polar surface area (TPSA) is 95.5 Å². The van der Waals surface area contributed by atoms with E-state index in [1.807, 2.05) is 13.8 Å². The summed E-state index contributed by atoms with van der Waals surface area (Å²) in [6, 6.07) is 0. The number of carbonyl (C=O) groups excluding carboxylic acids is 1. The minimum atomic E-state index is -0.884. The number of piperidine rings is 1. The molecule has 0 radical (unpaired) electrons. The maximum Gasteiger partial charge on any atom is 0.311 e. The average molecular weight is 337 g/mol. The lowest BCUT2D eigenvalue weighted by molar-refractivity contribution is -0.156. The lowest BCUT2D eigenvalue weighted by Crippen LogP contribution is -2.50. The second kappa shape index (κ2) is 7.79. The fourth-order valence-corrected chi connectivity index (χ4v) is 3.46. The first-order valence-corrected chi connectivity index (χ1v) is 8.40. The van der Waals surface area contributed by atoms with Crippen LogP contribution in [0.5, 0.6) is 0 Å². The Balaban J connectivity index is 2.00. The van der Waals surface area contributed by atoms with Crippen LogP contribution in [0.1, 0.15) is 42.6 Å². The van der Waals surface area contributed by atoms with E-state index in [-0.39, 0.29) is 12.5 Å². The first kappa shape index (κ1) is 18.4. The second-order valence-electron chi connectivity index (χ2n) is 6.66. The average Bonchev–Trinajstić information content (AvgIpc) is 2.89. The third-order valence-electron chi connectivity index (χ3n) is 5.04. The molecule has 134 valence electrons. The summed E-state index contributed by atoms with van der Waals surface area (Å²) in [7, 11) is 1.57. The van der Waals surface area contributed by atoms with Crippen LogP contribution in [-0.2, 0) is 20.7 Å². The largest absolute Gasteiger partial charge is 0.481 e. The van der Waals surface area contributed by atoms with Gasteiger partial charge in [0.05, 0.1) is 11.1 Å². The van der Waals surface area contributed by atoms with Crippen molar-refractivity contribution in [3.05, 3.63) is 17.0 Å². The summed E-state index contributed by atoms with van der Waals surface area (Å²) in [6.07, 6.45) is 2.74. The third-order valence-corrected chi connectivity index (χ3v) is 5.04. The van der Waals surface area contributed by atoms with Crippen LogP contribution >= 0.6 is 0 Å². The van der Waals surface area contributed by atoms with Crippen LogP contribution in [0.25, 0.3) is 0 Å². The lowest BCUT2D eigenvalue weighted by atomic mass is 9.77. The highest BCUT2D eigenvalue weighted by atomic mass is 16.5. The van der Waals surface area contributed by atoms with E-state index >= 15 is 0 Å². The van der Waals surface area contributed by atoms with Crippen molar-refractivity contribution in [1.82, 2.24) is 15.1 Å². The van der Waals surface area contributed by atoms with Crippen LogP contribution in [0.2, 0.25) is 0 Å². The molecular weight excluding hydrogens is 310 g/mol. The zero-order valence-corrected chi connectivity index (χ0v) is 14.7. The molecule has 1 amide bonds. The van der Waals surface area contributed by atoms with Gasteiger partial charge in [0.15, 0.2) is 0 Å². The maximum absolute atomic E-state index is 12.6. The number of methoxy groups -OCH3 is 1. The smallest absolute Gasteiger partial charge is 0.311 e. The number of nitrogens with one attached hydrogen (secondary N) is 1. The van der Waals surface area contributed by atoms with Gasteiger partial charge >= 0.3 is 5.97 Å². The number of likely N-dealkylation sites (tertiary alicyclic amines) is 1. The molecule has 1 aromatic rings. The molecular formula is C17H27N3O4. The van der Waals surface area contributed by atoms with Gasteiger partial charge in [-0.1, -0.05) is 0 Å². The minimum absolute atomic E-state index is 0.0118. The van der Waals surface area contributed by atoms with Gasteiger partial charge in [-0.2, -0.15) is 5.10 Å². The summed E-state index contributed by atoms with van der Waals surface area (Å²) in [5.74, 6) is -0.823. The van der Waals surface area contributed by atoms with Gasteiger partial charge in [-0.25, -0.2) is 0 Å². The van der Waals surface area contributed by atoms with Gasteiger partial charge in [-0.15, -0.1) is 0 Å².